The van der Waals surface area contributed by atoms with E-state index in [1.807, 2.05) is 0 Å². The number of nitrogens with two attached hydrogens (primary N) is 3. The topological polar surface area (TPSA) is 190 Å². The minimum atomic E-state index is -2.93. The second-order valence-electron chi connectivity index (χ2n) is 5.42. The van der Waals surface area contributed by atoms with Gasteiger partial charge in [0.15, 0.2) is 10.8 Å². The normalized spacial score (nSPS) is 24.5. The third-order valence-corrected chi connectivity index (χ3v) is 5.65. The summed E-state index contributed by atoms with van der Waals surface area (Å²) in [5.41, 5.74) is 8.92. The van der Waals surface area contributed by atoms with Crippen LogP contribution in [0.1, 0.15) is 19.3 Å². The van der Waals surface area contributed by atoms with Gasteiger partial charge in [-0.05, 0) is 12.8 Å². The standard InChI is InChI=1S/C12H15N3O6S3/c13-4(22)10(5(14)23)2-1-3-11(7(16)17,8(18)19)12(10,6(15)24)9(20)21/h1-3H2,(H2,13,22)(H2,14,23)(H2,15,24)(H,16,17)(H,18,19)(H,20,21). The van der Waals surface area contributed by atoms with E-state index < -0.39 is 55.5 Å². The molecule has 132 valence electrons. The van der Waals surface area contributed by atoms with Gasteiger partial charge in [-0.15, -0.1) is 0 Å². The van der Waals surface area contributed by atoms with Crippen molar-refractivity contribution in [1.29, 1.82) is 0 Å². The van der Waals surface area contributed by atoms with Crippen LogP contribution in [0.25, 0.3) is 0 Å². The summed E-state index contributed by atoms with van der Waals surface area (Å²) in [6.07, 6.45) is -0.817. The van der Waals surface area contributed by atoms with E-state index in [1.54, 1.807) is 0 Å². The number of carboxylic acid groups (broad SMARTS) is 3. The minimum absolute atomic E-state index is 0.0646. The first kappa shape index (κ1) is 20.1. The van der Waals surface area contributed by atoms with E-state index in [1.165, 1.54) is 0 Å². The molecule has 0 aliphatic heterocycles. The van der Waals surface area contributed by atoms with Crippen LogP contribution < -0.4 is 17.2 Å². The highest BCUT2D eigenvalue weighted by atomic mass is 32.1. The Morgan fingerprint density at radius 1 is 0.708 bits per heavy atom. The van der Waals surface area contributed by atoms with Gasteiger partial charge in [-0.2, -0.15) is 0 Å². The molecule has 1 atom stereocenters. The second kappa shape index (κ2) is 6.18. The van der Waals surface area contributed by atoms with Gasteiger partial charge in [-0.3, -0.25) is 14.4 Å². The van der Waals surface area contributed by atoms with E-state index in [-0.39, 0.29) is 12.8 Å². The summed E-state index contributed by atoms with van der Waals surface area (Å²) in [4.78, 5) is 34.1. The van der Waals surface area contributed by atoms with Crippen molar-refractivity contribution in [2.45, 2.75) is 19.3 Å². The summed E-state index contributed by atoms with van der Waals surface area (Å²) in [5, 5.41) is 29.2. The quantitative estimate of drug-likeness (QED) is 0.245. The highest BCUT2D eigenvalue weighted by molar-refractivity contribution is 7.82. The van der Waals surface area contributed by atoms with Crippen molar-refractivity contribution in [2.75, 3.05) is 0 Å². The number of rotatable bonds is 6. The Morgan fingerprint density at radius 3 is 1.33 bits per heavy atom. The molecule has 0 radical (unpaired) electrons. The van der Waals surface area contributed by atoms with Crippen molar-refractivity contribution in [3.05, 3.63) is 0 Å². The average Bonchev–Trinajstić information content (AvgIpc) is 2.43. The summed E-state index contributed by atoms with van der Waals surface area (Å²) in [6, 6.07) is 0. The smallest absolute Gasteiger partial charge is 0.322 e. The largest absolute Gasteiger partial charge is 0.480 e. The number of aliphatic carboxylic acids is 3. The van der Waals surface area contributed by atoms with Gasteiger partial charge in [0.1, 0.15) is 0 Å². The van der Waals surface area contributed by atoms with E-state index in [0.29, 0.717) is 0 Å². The van der Waals surface area contributed by atoms with Crippen LogP contribution in [0.4, 0.5) is 0 Å². The number of carboxylic acids is 3. The van der Waals surface area contributed by atoms with Crippen LogP contribution in [-0.4, -0.2) is 48.2 Å². The Labute approximate surface area is 152 Å². The lowest BCUT2D eigenvalue weighted by Gasteiger charge is -2.55. The van der Waals surface area contributed by atoms with Gasteiger partial charge in [0, 0.05) is 0 Å². The van der Waals surface area contributed by atoms with E-state index in [0.717, 1.165) is 0 Å². The van der Waals surface area contributed by atoms with Crippen LogP contribution >= 0.6 is 36.7 Å². The molecule has 0 bridgehead atoms. The highest BCUT2D eigenvalue weighted by Crippen LogP contribution is 2.61. The molecule has 1 aliphatic rings. The van der Waals surface area contributed by atoms with Gasteiger partial charge in [-0.1, -0.05) is 43.1 Å². The summed E-state index contributed by atoms with van der Waals surface area (Å²) in [5.74, 6) is -5.80. The lowest BCUT2D eigenvalue weighted by Crippen LogP contribution is -2.76. The summed E-state index contributed by atoms with van der Waals surface area (Å²) < 4.78 is 0. The maximum Gasteiger partial charge on any atom is 0.322 e. The molecule has 0 amide bonds. The van der Waals surface area contributed by atoms with Gasteiger partial charge in [0.25, 0.3) is 0 Å². The van der Waals surface area contributed by atoms with E-state index in [2.05, 4.69) is 0 Å². The van der Waals surface area contributed by atoms with Gasteiger partial charge in [-0.25, -0.2) is 0 Å². The monoisotopic (exact) mass is 393 g/mol. The van der Waals surface area contributed by atoms with Crippen LogP contribution in [0.3, 0.4) is 0 Å². The van der Waals surface area contributed by atoms with E-state index in [4.69, 9.17) is 53.9 Å². The fraction of sp³-hybridized carbons (Fsp3) is 0.500. The molecule has 1 saturated carbocycles. The lowest BCUT2D eigenvalue weighted by molar-refractivity contribution is -0.189. The molecule has 1 fully saturated rings. The minimum Gasteiger partial charge on any atom is -0.480 e. The van der Waals surface area contributed by atoms with Crippen LogP contribution in [-0.2, 0) is 14.4 Å². The first-order valence-electron chi connectivity index (χ1n) is 6.47. The predicted molar refractivity (Wildman–Crippen MR) is 94.4 cm³/mol. The molecule has 24 heavy (non-hydrogen) atoms. The van der Waals surface area contributed by atoms with E-state index >= 15 is 0 Å². The summed E-state index contributed by atoms with van der Waals surface area (Å²) >= 11 is 14.6. The molecule has 0 aromatic rings. The molecule has 0 aromatic heterocycles. The van der Waals surface area contributed by atoms with Crippen molar-refractivity contribution in [2.24, 2.45) is 33.4 Å². The van der Waals surface area contributed by atoms with Gasteiger partial charge >= 0.3 is 17.9 Å². The fourth-order valence-corrected chi connectivity index (χ4v) is 4.84. The van der Waals surface area contributed by atoms with E-state index in [9.17, 15) is 29.7 Å². The van der Waals surface area contributed by atoms with Crippen LogP contribution in [0, 0.1) is 16.2 Å². The maximum absolute atomic E-state index is 12.2. The Balaban J connectivity index is 4.23. The zero-order valence-corrected chi connectivity index (χ0v) is 14.6. The zero-order chi connectivity index (χ0) is 19.1. The number of hydrogen-bond donors (Lipinski definition) is 6. The Morgan fingerprint density at radius 2 is 1.08 bits per heavy atom. The molecular weight excluding hydrogens is 378 g/mol. The van der Waals surface area contributed by atoms with Crippen LogP contribution in [0.15, 0.2) is 0 Å². The van der Waals surface area contributed by atoms with Crippen LogP contribution in [0.5, 0.6) is 0 Å². The fourth-order valence-electron chi connectivity index (χ4n) is 3.61. The molecular formula is C12H15N3O6S3. The maximum atomic E-state index is 12.2. The van der Waals surface area contributed by atoms with Crippen molar-refractivity contribution in [3.63, 3.8) is 0 Å². The van der Waals surface area contributed by atoms with Crippen molar-refractivity contribution in [3.8, 4) is 0 Å². The van der Waals surface area contributed by atoms with Crippen molar-refractivity contribution >= 4 is 69.5 Å². The Bertz CT molecular complexity index is 593. The Hall–Kier alpha value is -1.92. The average molecular weight is 393 g/mol. The first-order chi connectivity index (χ1) is 10.9. The number of thiocarbonyl (C=S) groups is 3. The first-order valence-corrected chi connectivity index (χ1v) is 7.69. The number of carbonyl (C=O) groups is 3. The second-order valence-corrected chi connectivity index (χ2v) is 6.74. The molecule has 1 rings (SSSR count). The molecule has 12 heteroatoms. The molecule has 1 aliphatic carbocycles. The Kier molecular flexibility index (Phi) is 5.18. The summed E-state index contributed by atoms with van der Waals surface area (Å²) in [7, 11) is 0. The number of hydrogen-bond acceptors (Lipinski definition) is 6. The molecule has 9 nitrogen and oxygen atoms in total. The molecule has 0 saturated heterocycles. The van der Waals surface area contributed by atoms with Gasteiger partial charge < -0.3 is 32.5 Å². The third kappa shape index (κ3) is 2.03. The molecule has 0 aromatic carbocycles. The van der Waals surface area contributed by atoms with Gasteiger partial charge in [0.05, 0.1) is 20.4 Å². The van der Waals surface area contributed by atoms with Gasteiger partial charge in [0.2, 0.25) is 0 Å². The predicted octanol–water partition coefficient (Wildman–Crippen LogP) is -0.758. The third-order valence-electron chi connectivity index (χ3n) is 4.65. The summed E-state index contributed by atoms with van der Waals surface area (Å²) in [6.45, 7) is 0. The van der Waals surface area contributed by atoms with Crippen molar-refractivity contribution in [1.82, 2.24) is 0 Å². The highest BCUT2D eigenvalue weighted by Gasteiger charge is 2.79. The molecule has 0 heterocycles. The van der Waals surface area contributed by atoms with Crippen molar-refractivity contribution < 1.29 is 29.7 Å². The lowest BCUT2D eigenvalue weighted by atomic mass is 9.44. The molecule has 1 unspecified atom stereocenters. The molecule has 0 spiro atoms. The molecule has 9 N–H and O–H groups in total. The zero-order valence-electron chi connectivity index (χ0n) is 12.1. The SMILES string of the molecule is NC(=S)C1(C(N)=S)CCCC(C(=O)O)(C(=O)O)C1(C(=O)O)C(N)=S. The van der Waals surface area contributed by atoms with Crippen LogP contribution in [0.2, 0.25) is 0 Å².